The average Bonchev–Trinajstić information content (AvgIpc) is 2.73. The molecule has 0 aliphatic rings. The molecule has 0 saturated heterocycles. The molecule has 5 nitrogen and oxygen atoms in total. The van der Waals surface area contributed by atoms with Gasteiger partial charge in [0.25, 0.3) is 0 Å². The van der Waals surface area contributed by atoms with Crippen LogP contribution in [0.15, 0.2) is 37.5 Å². The Morgan fingerprint density at radius 3 is 3.00 bits per heavy atom. The number of rotatable bonds is 5. The van der Waals surface area contributed by atoms with Crippen LogP contribution >= 0.6 is 27.7 Å². The molecule has 0 unspecified atom stereocenters. The number of nitrogens with one attached hydrogen (secondary N) is 2. The van der Waals surface area contributed by atoms with E-state index in [0.717, 1.165) is 15.9 Å². The summed E-state index contributed by atoms with van der Waals surface area (Å²) in [5.41, 5.74) is 1.00. The third kappa shape index (κ3) is 3.29. The molecule has 102 valence electrons. The van der Waals surface area contributed by atoms with Gasteiger partial charge in [0.15, 0.2) is 5.16 Å². The number of nitrogens with zero attached hydrogens (tertiary/aromatic N) is 2. The number of H-pyrrole nitrogens is 1. The lowest BCUT2D eigenvalue weighted by atomic mass is 10.2. The van der Waals surface area contributed by atoms with Gasteiger partial charge in [-0.05, 0) is 43.4 Å². The predicted octanol–water partition coefficient (Wildman–Crippen LogP) is 2.22. The molecule has 0 amide bonds. The Morgan fingerprint density at radius 2 is 2.32 bits per heavy atom. The molecule has 0 bridgehead atoms. The number of aromatic amines is 1. The highest BCUT2D eigenvalue weighted by Crippen LogP contribution is 2.30. The normalized spacial score (nSPS) is 10.9. The molecule has 2 aromatic rings. The molecular formula is C12H15BrN4OS. The highest BCUT2D eigenvalue weighted by Gasteiger charge is 2.11. The van der Waals surface area contributed by atoms with Gasteiger partial charge in [-0.1, -0.05) is 22.0 Å². The van der Waals surface area contributed by atoms with Gasteiger partial charge in [-0.2, -0.15) is 0 Å². The number of aromatic nitrogens is 3. The topological polar surface area (TPSA) is 62.7 Å². The molecule has 1 heterocycles. The monoisotopic (exact) mass is 342 g/mol. The number of benzene rings is 1. The zero-order valence-corrected chi connectivity index (χ0v) is 13.1. The summed E-state index contributed by atoms with van der Waals surface area (Å²) in [7, 11) is 1.91. The van der Waals surface area contributed by atoms with Crippen LogP contribution in [0.5, 0.6) is 0 Å². The van der Waals surface area contributed by atoms with Gasteiger partial charge in [-0.25, -0.2) is 9.89 Å². The van der Waals surface area contributed by atoms with Gasteiger partial charge in [0.1, 0.15) is 0 Å². The van der Waals surface area contributed by atoms with E-state index in [4.69, 9.17) is 0 Å². The third-order valence-electron chi connectivity index (χ3n) is 2.64. The summed E-state index contributed by atoms with van der Waals surface area (Å²) in [5.74, 6) is 0. The Kier molecular flexibility index (Phi) is 4.84. The van der Waals surface area contributed by atoms with Crippen molar-refractivity contribution in [3.8, 4) is 0 Å². The molecule has 2 N–H and O–H groups in total. The maximum atomic E-state index is 11.5. The van der Waals surface area contributed by atoms with Crippen molar-refractivity contribution in [1.82, 2.24) is 20.1 Å². The number of hydrogen-bond donors (Lipinski definition) is 2. The molecule has 0 radical (unpaired) electrons. The van der Waals surface area contributed by atoms with E-state index in [1.807, 2.05) is 26.1 Å². The van der Waals surface area contributed by atoms with Gasteiger partial charge < -0.3 is 5.32 Å². The van der Waals surface area contributed by atoms with Gasteiger partial charge in [0.05, 0.1) is 0 Å². The molecule has 0 aliphatic carbocycles. The zero-order valence-electron chi connectivity index (χ0n) is 10.7. The lowest BCUT2D eigenvalue weighted by Gasteiger charge is -2.09. The van der Waals surface area contributed by atoms with E-state index >= 15 is 0 Å². The van der Waals surface area contributed by atoms with Crippen molar-refractivity contribution in [2.75, 3.05) is 7.05 Å². The summed E-state index contributed by atoms with van der Waals surface area (Å²) in [6.45, 7) is 3.31. The smallest absolute Gasteiger partial charge is 0.316 e. The van der Waals surface area contributed by atoms with Crippen molar-refractivity contribution in [1.29, 1.82) is 0 Å². The van der Waals surface area contributed by atoms with E-state index in [9.17, 15) is 4.79 Å². The summed E-state index contributed by atoms with van der Waals surface area (Å²) >= 11 is 4.96. The quantitative estimate of drug-likeness (QED) is 0.874. The molecule has 0 atom stereocenters. The molecule has 2 rings (SSSR count). The second kappa shape index (κ2) is 6.40. The van der Waals surface area contributed by atoms with Crippen molar-refractivity contribution in [2.45, 2.75) is 30.1 Å². The van der Waals surface area contributed by atoms with Gasteiger partial charge >= 0.3 is 5.69 Å². The fourth-order valence-corrected chi connectivity index (χ4v) is 3.30. The number of halogens is 1. The van der Waals surface area contributed by atoms with Crippen LogP contribution in [0.2, 0.25) is 0 Å². The van der Waals surface area contributed by atoms with Crippen molar-refractivity contribution >= 4 is 27.7 Å². The fraction of sp³-hybridized carbons (Fsp3) is 0.333. The highest BCUT2D eigenvalue weighted by molar-refractivity contribution is 9.10. The predicted molar refractivity (Wildman–Crippen MR) is 79.6 cm³/mol. The standard InChI is InChI=1S/C12H15BrN4OS/c1-3-17-11(18)15-16-12(17)19-10-6-9(13)5-4-8(10)7-14-2/h4-6,14H,3,7H2,1-2H3,(H,15,18). The fourth-order valence-electron chi connectivity index (χ4n) is 1.72. The van der Waals surface area contributed by atoms with E-state index in [1.54, 1.807) is 4.57 Å². The van der Waals surface area contributed by atoms with E-state index < -0.39 is 0 Å². The average molecular weight is 343 g/mol. The molecule has 0 spiro atoms. The molecule has 1 aromatic heterocycles. The first-order chi connectivity index (χ1) is 9.15. The second-order valence-electron chi connectivity index (χ2n) is 3.94. The van der Waals surface area contributed by atoms with E-state index in [0.29, 0.717) is 11.7 Å². The van der Waals surface area contributed by atoms with Crippen LogP contribution in [0.25, 0.3) is 0 Å². The summed E-state index contributed by atoms with van der Waals surface area (Å²) in [6.07, 6.45) is 0. The third-order valence-corrected chi connectivity index (χ3v) is 4.22. The maximum Gasteiger partial charge on any atom is 0.343 e. The van der Waals surface area contributed by atoms with Crippen LogP contribution in [-0.2, 0) is 13.1 Å². The second-order valence-corrected chi connectivity index (χ2v) is 5.86. The van der Waals surface area contributed by atoms with Crippen LogP contribution < -0.4 is 11.0 Å². The van der Waals surface area contributed by atoms with E-state index in [1.165, 1.54) is 17.3 Å². The molecule has 1 aromatic carbocycles. The molecule has 0 fully saturated rings. The van der Waals surface area contributed by atoms with E-state index in [-0.39, 0.29) is 5.69 Å². The minimum Gasteiger partial charge on any atom is -0.316 e. The van der Waals surface area contributed by atoms with Gasteiger partial charge in [-0.15, -0.1) is 5.10 Å². The Bertz CT molecular complexity index is 622. The molecule has 19 heavy (non-hydrogen) atoms. The van der Waals surface area contributed by atoms with Crippen molar-refractivity contribution in [2.24, 2.45) is 0 Å². The molecule has 0 aliphatic heterocycles. The van der Waals surface area contributed by atoms with Gasteiger partial charge in [0, 0.05) is 22.5 Å². The van der Waals surface area contributed by atoms with Crippen LogP contribution in [0.4, 0.5) is 0 Å². The van der Waals surface area contributed by atoms with Crippen LogP contribution in [0.1, 0.15) is 12.5 Å². The minimum absolute atomic E-state index is 0.171. The first-order valence-electron chi connectivity index (χ1n) is 5.91. The van der Waals surface area contributed by atoms with E-state index in [2.05, 4.69) is 37.5 Å². The summed E-state index contributed by atoms with van der Waals surface area (Å²) < 4.78 is 2.63. The van der Waals surface area contributed by atoms with Crippen molar-refractivity contribution in [3.63, 3.8) is 0 Å². The molecule has 7 heteroatoms. The molecular weight excluding hydrogens is 328 g/mol. The lowest BCUT2D eigenvalue weighted by molar-refractivity contribution is 0.660. The van der Waals surface area contributed by atoms with Crippen LogP contribution in [-0.4, -0.2) is 21.8 Å². The van der Waals surface area contributed by atoms with Gasteiger partial charge in [-0.3, -0.25) is 4.57 Å². The van der Waals surface area contributed by atoms with Crippen molar-refractivity contribution < 1.29 is 0 Å². The largest absolute Gasteiger partial charge is 0.343 e. The SMILES string of the molecule is CCn1c(Sc2cc(Br)ccc2CNC)n[nH]c1=O. The first kappa shape index (κ1) is 14.4. The minimum atomic E-state index is -0.171. The van der Waals surface area contributed by atoms with Gasteiger partial charge in [0.2, 0.25) is 0 Å². The Balaban J connectivity index is 2.36. The Hall–Kier alpha value is -1.05. The summed E-state index contributed by atoms with van der Waals surface area (Å²) in [6, 6.07) is 6.11. The first-order valence-corrected chi connectivity index (χ1v) is 7.52. The highest BCUT2D eigenvalue weighted by atomic mass is 79.9. The Morgan fingerprint density at radius 1 is 1.53 bits per heavy atom. The zero-order chi connectivity index (χ0) is 13.8. The van der Waals surface area contributed by atoms with Crippen molar-refractivity contribution in [3.05, 3.63) is 38.7 Å². The van der Waals surface area contributed by atoms with Crippen LogP contribution in [0.3, 0.4) is 0 Å². The van der Waals surface area contributed by atoms with Crippen LogP contribution in [0, 0.1) is 0 Å². The lowest BCUT2D eigenvalue weighted by Crippen LogP contribution is -2.16. The Labute approximate surface area is 123 Å². The summed E-state index contributed by atoms with van der Waals surface area (Å²) in [5, 5.41) is 10.4. The summed E-state index contributed by atoms with van der Waals surface area (Å²) in [4.78, 5) is 12.6. The maximum absolute atomic E-state index is 11.5. The number of hydrogen-bond acceptors (Lipinski definition) is 4. The molecule has 0 saturated carbocycles.